The summed E-state index contributed by atoms with van der Waals surface area (Å²) in [7, 11) is 0. The number of furan rings is 1. The predicted octanol–water partition coefficient (Wildman–Crippen LogP) is 3.55. The summed E-state index contributed by atoms with van der Waals surface area (Å²) >= 11 is 0. The van der Waals surface area contributed by atoms with Gasteiger partial charge in [-0.05, 0) is 37.1 Å². The van der Waals surface area contributed by atoms with Crippen LogP contribution in [0.15, 0.2) is 40.8 Å². The lowest BCUT2D eigenvalue weighted by atomic mass is 9.97. The summed E-state index contributed by atoms with van der Waals surface area (Å²) in [6.07, 6.45) is -5.35. The molecule has 1 aromatic heterocycles. The van der Waals surface area contributed by atoms with Gasteiger partial charge in [0.25, 0.3) is 5.91 Å². The van der Waals surface area contributed by atoms with Crippen molar-refractivity contribution >= 4 is 5.91 Å². The van der Waals surface area contributed by atoms with Gasteiger partial charge in [-0.25, -0.2) is 0 Å². The first kappa shape index (κ1) is 16.6. The van der Waals surface area contributed by atoms with Crippen LogP contribution in [0.1, 0.15) is 39.9 Å². The summed E-state index contributed by atoms with van der Waals surface area (Å²) in [5, 5.41) is 9.92. The number of aliphatic hydroxyl groups is 1. The SMILES string of the molecule is Cc1ccc(C(=O)N2C[C@H](O)C[C@@H]2c2ccccc2C(F)(F)F)o1. The number of hydrogen-bond donors (Lipinski definition) is 1. The van der Waals surface area contributed by atoms with Crippen molar-refractivity contribution in [2.75, 3.05) is 6.54 Å². The van der Waals surface area contributed by atoms with Gasteiger partial charge < -0.3 is 14.4 Å². The number of benzene rings is 1. The van der Waals surface area contributed by atoms with Gasteiger partial charge in [0.05, 0.1) is 17.7 Å². The molecule has 1 aromatic carbocycles. The Morgan fingerprint density at radius 1 is 1.25 bits per heavy atom. The number of aryl methyl sites for hydroxylation is 1. The minimum absolute atomic E-state index is 0.0156. The molecule has 4 nitrogen and oxygen atoms in total. The standard InChI is InChI=1S/C17H16F3NO3/c1-10-6-7-15(24-10)16(23)21-9-11(22)8-14(21)12-4-2-3-5-13(12)17(18,19)20/h2-7,11,14,22H,8-9H2,1H3/t11-,14-/m1/s1. The summed E-state index contributed by atoms with van der Waals surface area (Å²) in [6, 6.07) is 7.37. The van der Waals surface area contributed by atoms with Gasteiger partial charge in [0, 0.05) is 6.54 Å². The van der Waals surface area contributed by atoms with E-state index in [1.54, 1.807) is 13.0 Å². The monoisotopic (exact) mass is 339 g/mol. The zero-order valence-corrected chi connectivity index (χ0v) is 12.9. The number of carbonyl (C=O) groups is 1. The lowest BCUT2D eigenvalue weighted by Gasteiger charge is -2.26. The second kappa shape index (κ2) is 5.98. The Kier molecular flexibility index (Phi) is 4.13. The van der Waals surface area contributed by atoms with Crippen LogP contribution >= 0.6 is 0 Å². The van der Waals surface area contributed by atoms with Gasteiger partial charge in [-0.15, -0.1) is 0 Å². The molecule has 1 N–H and O–H groups in total. The molecule has 3 rings (SSSR count). The van der Waals surface area contributed by atoms with E-state index in [0.29, 0.717) is 5.76 Å². The summed E-state index contributed by atoms with van der Waals surface area (Å²) in [5.41, 5.74) is -0.810. The van der Waals surface area contributed by atoms with Crippen molar-refractivity contribution in [2.45, 2.75) is 31.7 Å². The second-order valence-corrected chi connectivity index (χ2v) is 5.86. The van der Waals surface area contributed by atoms with Crippen LogP contribution in [-0.4, -0.2) is 28.6 Å². The highest BCUT2D eigenvalue weighted by atomic mass is 19.4. The van der Waals surface area contributed by atoms with Crippen LogP contribution in [0, 0.1) is 6.92 Å². The molecule has 0 aliphatic carbocycles. The highest BCUT2D eigenvalue weighted by Gasteiger charge is 2.42. The minimum atomic E-state index is -4.53. The van der Waals surface area contributed by atoms with E-state index >= 15 is 0 Å². The number of carbonyl (C=O) groups excluding carboxylic acids is 1. The molecule has 0 unspecified atom stereocenters. The molecule has 24 heavy (non-hydrogen) atoms. The highest BCUT2D eigenvalue weighted by Crippen LogP contribution is 2.40. The first-order chi connectivity index (χ1) is 11.3. The molecule has 1 aliphatic heterocycles. The van der Waals surface area contributed by atoms with Crippen molar-refractivity contribution < 1.29 is 27.5 Å². The number of alkyl halides is 3. The van der Waals surface area contributed by atoms with Crippen molar-refractivity contribution in [1.29, 1.82) is 0 Å². The Balaban J connectivity index is 1.99. The quantitative estimate of drug-likeness (QED) is 0.910. The molecule has 0 bridgehead atoms. The Morgan fingerprint density at radius 3 is 2.58 bits per heavy atom. The van der Waals surface area contributed by atoms with E-state index in [1.165, 1.54) is 29.2 Å². The molecule has 1 aliphatic rings. The van der Waals surface area contributed by atoms with Gasteiger partial charge in [-0.3, -0.25) is 4.79 Å². The van der Waals surface area contributed by atoms with Crippen molar-refractivity contribution in [3.63, 3.8) is 0 Å². The van der Waals surface area contributed by atoms with Gasteiger partial charge in [0.2, 0.25) is 0 Å². The fourth-order valence-corrected chi connectivity index (χ4v) is 3.07. The van der Waals surface area contributed by atoms with E-state index in [2.05, 4.69) is 0 Å². The van der Waals surface area contributed by atoms with Crippen molar-refractivity contribution in [1.82, 2.24) is 4.90 Å². The normalized spacial score (nSPS) is 21.3. The Bertz CT molecular complexity index is 754. The van der Waals surface area contributed by atoms with Crippen LogP contribution in [-0.2, 0) is 6.18 Å². The van der Waals surface area contributed by atoms with Crippen LogP contribution in [0.4, 0.5) is 13.2 Å². The summed E-state index contributed by atoms with van der Waals surface area (Å²) in [4.78, 5) is 13.8. The average molecular weight is 339 g/mol. The van der Waals surface area contributed by atoms with Gasteiger partial charge in [-0.2, -0.15) is 13.2 Å². The van der Waals surface area contributed by atoms with Gasteiger partial charge in [0.15, 0.2) is 5.76 Å². The summed E-state index contributed by atoms with van der Waals surface area (Å²) in [6.45, 7) is 1.64. The van der Waals surface area contributed by atoms with Gasteiger partial charge in [-0.1, -0.05) is 18.2 Å². The Hall–Kier alpha value is -2.28. The number of amides is 1. The number of hydrogen-bond acceptors (Lipinski definition) is 3. The fraction of sp³-hybridized carbons (Fsp3) is 0.353. The molecule has 2 aromatic rings. The summed E-state index contributed by atoms with van der Waals surface area (Å²) in [5.74, 6) is 0.0584. The van der Waals surface area contributed by atoms with E-state index < -0.39 is 29.8 Å². The number of rotatable bonds is 2. The largest absolute Gasteiger partial charge is 0.456 e. The molecule has 1 amide bonds. The first-order valence-corrected chi connectivity index (χ1v) is 7.49. The molecule has 7 heteroatoms. The molecular formula is C17H16F3NO3. The molecule has 0 radical (unpaired) electrons. The van der Waals surface area contributed by atoms with Crippen LogP contribution in [0.3, 0.4) is 0 Å². The molecule has 2 atom stereocenters. The maximum Gasteiger partial charge on any atom is 0.416 e. The molecule has 0 saturated carbocycles. The van der Waals surface area contributed by atoms with Gasteiger partial charge in [0.1, 0.15) is 5.76 Å². The zero-order chi connectivity index (χ0) is 17.5. The van der Waals surface area contributed by atoms with E-state index in [9.17, 15) is 23.1 Å². The van der Waals surface area contributed by atoms with Crippen molar-refractivity contribution in [3.05, 3.63) is 59.0 Å². The minimum Gasteiger partial charge on any atom is -0.456 e. The summed E-state index contributed by atoms with van der Waals surface area (Å²) < 4.78 is 45.1. The molecule has 128 valence electrons. The van der Waals surface area contributed by atoms with Crippen molar-refractivity contribution in [3.8, 4) is 0 Å². The van der Waals surface area contributed by atoms with Crippen LogP contribution in [0.5, 0.6) is 0 Å². The van der Waals surface area contributed by atoms with Crippen LogP contribution in [0.25, 0.3) is 0 Å². The number of halogens is 3. The Morgan fingerprint density at radius 2 is 1.96 bits per heavy atom. The number of nitrogens with zero attached hydrogens (tertiary/aromatic N) is 1. The molecule has 1 saturated heterocycles. The number of aliphatic hydroxyl groups excluding tert-OH is 1. The first-order valence-electron chi connectivity index (χ1n) is 7.49. The maximum absolute atomic E-state index is 13.3. The second-order valence-electron chi connectivity index (χ2n) is 5.86. The van der Waals surface area contributed by atoms with E-state index in [1.807, 2.05) is 0 Å². The predicted molar refractivity (Wildman–Crippen MR) is 79.3 cm³/mol. The van der Waals surface area contributed by atoms with Crippen LogP contribution < -0.4 is 0 Å². The molecule has 1 fully saturated rings. The van der Waals surface area contributed by atoms with E-state index in [-0.39, 0.29) is 24.3 Å². The molecule has 0 spiro atoms. The molecular weight excluding hydrogens is 323 g/mol. The maximum atomic E-state index is 13.3. The topological polar surface area (TPSA) is 53.7 Å². The van der Waals surface area contributed by atoms with Crippen LogP contribution in [0.2, 0.25) is 0 Å². The lowest BCUT2D eigenvalue weighted by molar-refractivity contribution is -0.138. The third kappa shape index (κ3) is 3.03. The zero-order valence-electron chi connectivity index (χ0n) is 12.9. The Labute approximate surface area is 136 Å². The molecule has 2 heterocycles. The average Bonchev–Trinajstić information content (AvgIpc) is 3.12. The highest BCUT2D eigenvalue weighted by molar-refractivity contribution is 5.92. The number of likely N-dealkylation sites (tertiary alicyclic amines) is 1. The number of β-amino-alcohol motifs (C(OH)–C–C–N with tert-alkyl or cyclic N) is 1. The third-order valence-electron chi connectivity index (χ3n) is 4.12. The third-order valence-corrected chi connectivity index (χ3v) is 4.12. The van der Waals surface area contributed by atoms with E-state index in [0.717, 1.165) is 6.07 Å². The van der Waals surface area contributed by atoms with Crippen molar-refractivity contribution in [2.24, 2.45) is 0 Å². The van der Waals surface area contributed by atoms with E-state index in [4.69, 9.17) is 4.42 Å². The smallest absolute Gasteiger partial charge is 0.416 e. The lowest BCUT2D eigenvalue weighted by Crippen LogP contribution is -2.32. The van der Waals surface area contributed by atoms with Gasteiger partial charge >= 0.3 is 6.18 Å². The fourth-order valence-electron chi connectivity index (χ4n) is 3.07.